The smallest absolute Gasteiger partial charge is 0.337 e. The number of esters is 1. The van der Waals surface area contributed by atoms with Crippen molar-refractivity contribution in [3.05, 3.63) is 29.8 Å². The molecule has 1 heterocycles. The van der Waals surface area contributed by atoms with Gasteiger partial charge in [0.15, 0.2) is 9.84 Å². The van der Waals surface area contributed by atoms with Crippen molar-refractivity contribution in [3.63, 3.8) is 0 Å². The summed E-state index contributed by atoms with van der Waals surface area (Å²) in [4.78, 5) is 39.8. The summed E-state index contributed by atoms with van der Waals surface area (Å²) in [6.45, 7) is 0.754. The van der Waals surface area contributed by atoms with Gasteiger partial charge in [-0.15, -0.1) is 0 Å². The zero-order valence-electron chi connectivity index (χ0n) is 16.2. The number of amides is 2. The molecule has 28 heavy (non-hydrogen) atoms. The highest BCUT2D eigenvalue weighted by Crippen LogP contribution is 2.19. The highest BCUT2D eigenvalue weighted by atomic mass is 32.2. The number of sulfone groups is 1. The van der Waals surface area contributed by atoms with Crippen molar-refractivity contribution in [2.24, 2.45) is 0 Å². The van der Waals surface area contributed by atoms with Gasteiger partial charge < -0.3 is 19.9 Å². The lowest BCUT2D eigenvalue weighted by molar-refractivity contribution is -0.144. The van der Waals surface area contributed by atoms with Gasteiger partial charge >= 0.3 is 17.8 Å². The molecule has 1 unspecified atom stereocenters. The predicted molar refractivity (Wildman–Crippen MR) is 104 cm³/mol. The maximum Gasteiger partial charge on any atom is 0.337 e. The second-order valence-electron chi connectivity index (χ2n) is 6.88. The quantitative estimate of drug-likeness (QED) is 0.517. The van der Waals surface area contributed by atoms with Gasteiger partial charge in [-0.1, -0.05) is 0 Å². The third-order valence-corrected chi connectivity index (χ3v) is 6.21. The van der Waals surface area contributed by atoms with Crippen molar-refractivity contribution in [3.8, 4) is 0 Å². The van der Waals surface area contributed by atoms with Crippen molar-refractivity contribution in [2.45, 2.75) is 12.5 Å². The summed E-state index contributed by atoms with van der Waals surface area (Å²) in [5, 5.41) is 2.49. The van der Waals surface area contributed by atoms with Crippen LogP contribution in [-0.2, 0) is 24.2 Å². The topological polar surface area (TPSA) is 113 Å². The Morgan fingerprint density at radius 1 is 1.14 bits per heavy atom. The Labute approximate surface area is 164 Å². The van der Waals surface area contributed by atoms with E-state index in [0.29, 0.717) is 24.2 Å². The molecule has 154 valence electrons. The molecule has 0 saturated carbocycles. The summed E-state index contributed by atoms with van der Waals surface area (Å²) in [7, 11) is 1.73. The molecular formula is C18H25N3O6S. The number of carbonyl (C=O) groups is 3. The fraction of sp³-hybridized carbons (Fsp3) is 0.500. The van der Waals surface area contributed by atoms with Gasteiger partial charge in [0.25, 0.3) is 0 Å². The number of ether oxygens (including phenoxy) is 1. The summed E-state index contributed by atoms with van der Waals surface area (Å²) < 4.78 is 28.2. The number of hydrogen-bond acceptors (Lipinski definition) is 7. The molecular weight excluding hydrogens is 386 g/mol. The van der Waals surface area contributed by atoms with Gasteiger partial charge in [-0.25, -0.2) is 13.2 Å². The summed E-state index contributed by atoms with van der Waals surface area (Å²) in [5.74, 6) is -2.26. The molecule has 1 aliphatic rings. The Morgan fingerprint density at radius 2 is 1.79 bits per heavy atom. The first-order valence-corrected chi connectivity index (χ1v) is 10.6. The van der Waals surface area contributed by atoms with E-state index in [0.717, 1.165) is 0 Å². The van der Waals surface area contributed by atoms with Gasteiger partial charge in [0.2, 0.25) is 0 Å². The third-order valence-electron chi connectivity index (χ3n) is 4.46. The highest BCUT2D eigenvalue weighted by Gasteiger charge is 2.36. The van der Waals surface area contributed by atoms with Crippen LogP contribution in [-0.4, -0.2) is 87.8 Å². The molecule has 1 aromatic rings. The summed E-state index contributed by atoms with van der Waals surface area (Å²) in [6.07, 6.45) is 0.322. The zero-order valence-corrected chi connectivity index (χ0v) is 17.0. The Hall–Kier alpha value is -2.46. The van der Waals surface area contributed by atoms with E-state index < -0.39 is 33.7 Å². The van der Waals surface area contributed by atoms with Crippen molar-refractivity contribution < 1.29 is 27.5 Å². The maximum absolute atomic E-state index is 12.7. The number of carbonyl (C=O) groups excluding carboxylic acids is 3. The molecule has 0 radical (unpaired) electrons. The van der Waals surface area contributed by atoms with Crippen molar-refractivity contribution in [1.82, 2.24) is 9.80 Å². The first-order chi connectivity index (χ1) is 13.1. The molecule has 1 saturated heterocycles. The van der Waals surface area contributed by atoms with Gasteiger partial charge in [-0.05, 0) is 44.8 Å². The van der Waals surface area contributed by atoms with Crippen LogP contribution >= 0.6 is 0 Å². The Morgan fingerprint density at radius 3 is 2.29 bits per heavy atom. The fourth-order valence-corrected chi connectivity index (χ4v) is 4.63. The number of anilines is 1. The predicted octanol–water partition coefficient (Wildman–Crippen LogP) is -0.0110. The number of nitrogens with zero attached hydrogens (tertiary/aromatic N) is 2. The first-order valence-electron chi connectivity index (χ1n) is 8.78. The lowest BCUT2D eigenvalue weighted by Gasteiger charge is -2.28. The van der Waals surface area contributed by atoms with Gasteiger partial charge in [-0.3, -0.25) is 9.59 Å². The fourth-order valence-electron chi connectivity index (χ4n) is 2.90. The molecule has 1 atom stereocenters. The van der Waals surface area contributed by atoms with E-state index in [-0.39, 0.29) is 18.1 Å². The van der Waals surface area contributed by atoms with Gasteiger partial charge in [0.05, 0.1) is 24.2 Å². The monoisotopic (exact) mass is 411 g/mol. The van der Waals surface area contributed by atoms with Crippen LogP contribution in [0.25, 0.3) is 0 Å². The number of likely N-dealkylation sites (N-methyl/N-ethyl adjacent to an activating group) is 1. The average Bonchev–Trinajstić information content (AvgIpc) is 3.01. The van der Waals surface area contributed by atoms with Gasteiger partial charge in [0, 0.05) is 24.8 Å². The standard InChI is InChI=1S/C18H25N3O6S/c1-20(2)9-10-21(15-8-11-28(25,26)12-15)17(23)16(22)19-14-6-4-13(5-7-14)18(24)27-3/h4-7,15H,8-12H2,1-3H3,(H,19,22). The molecule has 0 bridgehead atoms. The van der Waals surface area contributed by atoms with Crippen molar-refractivity contribution >= 4 is 33.3 Å². The zero-order chi connectivity index (χ0) is 20.9. The molecule has 1 fully saturated rings. The van der Waals surface area contributed by atoms with Crippen LogP contribution in [0.3, 0.4) is 0 Å². The van der Waals surface area contributed by atoms with Crippen LogP contribution in [0.5, 0.6) is 0 Å². The Kier molecular flexibility index (Phi) is 7.14. The van der Waals surface area contributed by atoms with Gasteiger partial charge in [0.1, 0.15) is 0 Å². The molecule has 9 nitrogen and oxygen atoms in total. The summed E-state index contributed by atoms with van der Waals surface area (Å²) >= 11 is 0. The van der Waals surface area contributed by atoms with Crippen molar-refractivity contribution in [1.29, 1.82) is 0 Å². The second-order valence-corrected chi connectivity index (χ2v) is 9.11. The van der Waals surface area contributed by atoms with Crippen LogP contribution in [0.15, 0.2) is 24.3 Å². The van der Waals surface area contributed by atoms with E-state index >= 15 is 0 Å². The number of benzene rings is 1. The molecule has 10 heteroatoms. The van der Waals surface area contributed by atoms with Gasteiger partial charge in [-0.2, -0.15) is 0 Å². The van der Waals surface area contributed by atoms with Crippen molar-refractivity contribution in [2.75, 3.05) is 51.1 Å². The second kappa shape index (κ2) is 9.16. The highest BCUT2D eigenvalue weighted by molar-refractivity contribution is 7.91. The van der Waals surface area contributed by atoms with E-state index in [9.17, 15) is 22.8 Å². The molecule has 0 aromatic heterocycles. The molecule has 1 aliphatic heterocycles. The number of hydrogen-bond donors (Lipinski definition) is 1. The lowest BCUT2D eigenvalue weighted by atomic mass is 10.2. The minimum atomic E-state index is -3.20. The minimum absolute atomic E-state index is 0.0139. The van der Waals surface area contributed by atoms with Crippen LogP contribution in [0.2, 0.25) is 0 Å². The summed E-state index contributed by atoms with van der Waals surface area (Å²) in [5.41, 5.74) is 0.660. The average molecular weight is 411 g/mol. The molecule has 1 aromatic carbocycles. The van der Waals surface area contributed by atoms with E-state index in [2.05, 4.69) is 10.1 Å². The van der Waals surface area contributed by atoms with Crippen LogP contribution in [0, 0.1) is 0 Å². The first kappa shape index (κ1) is 21.8. The molecule has 0 aliphatic carbocycles. The van der Waals surface area contributed by atoms with Crippen LogP contribution in [0.4, 0.5) is 5.69 Å². The Balaban J connectivity index is 2.09. The largest absolute Gasteiger partial charge is 0.465 e. The van der Waals surface area contributed by atoms with Crippen LogP contribution in [0.1, 0.15) is 16.8 Å². The lowest BCUT2D eigenvalue weighted by Crippen LogP contribution is -2.48. The summed E-state index contributed by atoms with van der Waals surface area (Å²) in [6, 6.07) is 5.41. The number of nitrogens with one attached hydrogen (secondary N) is 1. The molecule has 1 N–H and O–H groups in total. The Bertz CT molecular complexity index is 835. The normalized spacial score (nSPS) is 17.9. The third kappa shape index (κ3) is 5.77. The molecule has 0 spiro atoms. The van der Waals surface area contributed by atoms with E-state index in [1.165, 1.54) is 36.3 Å². The SMILES string of the molecule is COC(=O)c1ccc(NC(=O)C(=O)N(CCN(C)C)C2CCS(=O)(=O)C2)cc1. The van der Waals surface area contributed by atoms with E-state index in [1.807, 2.05) is 19.0 Å². The minimum Gasteiger partial charge on any atom is -0.465 e. The molecule has 2 rings (SSSR count). The van der Waals surface area contributed by atoms with E-state index in [4.69, 9.17) is 0 Å². The number of rotatable bonds is 6. The molecule has 2 amide bonds. The van der Waals surface area contributed by atoms with E-state index in [1.54, 1.807) is 0 Å². The van der Waals surface area contributed by atoms with Crippen LogP contribution < -0.4 is 5.32 Å². The number of methoxy groups -OCH3 is 1. The maximum atomic E-state index is 12.7.